The Hall–Kier alpha value is -1.46. The van der Waals surface area contributed by atoms with Gasteiger partial charge in [0.25, 0.3) is 0 Å². The van der Waals surface area contributed by atoms with Gasteiger partial charge in [-0.25, -0.2) is 0 Å². The maximum Gasteiger partial charge on any atom is 4.00 e. The number of carboxylic acid groups (broad SMARTS) is 4. The second kappa shape index (κ2) is 8.64. The fourth-order valence-electron chi connectivity index (χ4n) is 0. The van der Waals surface area contributed by atoms with Crippen LogP contribution >= 0.6 is 0 Å². The summed E-state index contributed by atoms with van der Waals surface area (Å²) in [6.45, 7) is 0. The van der Waals surface area contributed by atoms with Crippen molar-refractivity contribution in [2.75, 3.05) is 0 Å². The standard InChI is InChI=1S/2C2H2O4.Re/c2*3-1(4)2(5)6;/h2*(H,3,4)(H,5,6);/q;;+4/p-4. The average molecular weight is 362 g/mol. The first-order valence-corrected chi connectivity index (χ1v) is 2.13. The molecule has 0 amide bonds. The number of rotatable bonds is 0. The molecule has 0 N–H and O–H groups in total. The van der Waals surface area contributed by atoms with Crippen molar-refractivity contribution in [1.29, 1.82) is 0 Å². The van der Waals surface area contributed by atoms with Gasteiger partial charge >= 0.3 is 20.4 Å². The molecule has 9 heteroatoms. The molecule has 0 rings (SSSR count). The Morgan fingerprint density at radius 1 is 0.538 bits per heavy atom. The van der Waals surface area contributed by atoms with Crippen LogP contribution in [-0.4, -0.2) is 23.9 Å². The molecule has 0 fully saturated rings. The first-order valence-electron chi connectivity index (χ1n) is 2.13. The van der Waals surface area contributed by atoms with Crippen LogP contribution in [-0.2, 0) is 39.6 Å². The molecule has 0 saturated heterocycles. The molecule has 0 aromatic heterocycles. The van der Waals surface area contributed by atoms with E-state index in [1.165, 1.54) is 0 Å². The predicted octanol–water partition coefficient (Wildman–Crippen LogP) is -7.03. The van der Waals surface area contributed by atoms with Crippen LogP contribution in [0.3, 0.4) is 0 Å². The largest absolute Gasteiger partial charge is 4.00 e. The zero-order valence-electron chi connectivity index (χ0n) is 5.64. The van der Waals surface area contributed by atoms with E-state index in [-0.39, 0.29) is 20.4 Å². The number of carboxylic acids is 4. The third-order valence-corrected chi connectivity index (χ3v) is 0.333. The molecule has 0 atom stereocenters. The molecule has 0 bridgehead atoms. The number of carbonyl (C=O) groups is 4. The molecule has 8 nitrogen and oxygen atoms in total. The molecule has 0 heterocycles. The van der Waals surface area contributed by atoms with Crippen LogP contribution < -0.4 is 20.4 Å². The Bertz CT molecular complexity index is 172. The molecular weight excluding hydrogens is 362 g/mol. The van der Waals surface area contributed by atoms with Crippen LogP contribution in [0.15, 0.2) is 0 Å². The minimum Gasteiger partial charge on any atom is -0.543 e. The van der Waals surface area contributed by atoms with Crippen LogP contribution in [0.1, 0.15) is 0 Å². The second-order valence-electron chi connectivity index (χ2n) is 1.15. The van der Waals surface area contributed by atoms with Gasteiger partial charge in [-0.1, -0.05) is 0 Å². The average Bonchev–Trinajstić information content (AvgIpc) is 1.88. The van der Waals surface area contributed by atoms with E-state index in [4.69, 9.17) is 39.6 Å². The van der Waals surface area contributed by atoms with Gasteiger partial charge in [-0.15, -0.1) is 0 Å². The summed E-state index contributed by atoms with van der Waals surface area (Å²) in [6, 6.07) is 0. The minimum absolute atomic E-state index is 0. The predicted molar refractivity (Wildman–Crippen MR) is 20.0 cm³/mol. The van der Waals surface area contributed by atoms with E-state index in [0.29, 0.717) is 0 Å². The Morgan fingerprint density at radius 2 is 0.615 bits per heavy atom. The Kier molecular flexibility index (Phi) is 11.7. The molecule has 0 saturated carbocycles. The van der Waals surface area contributed by atoms with Crippen LogP contribution in [0.5, 0.6) is 0 Å². The zero-order chi connectivity index (χ0) is 10.3. The van der Waals surface area contributed by atoms with Gasteiger partial charge in [0, 0.05) is 0 Å². The summed E-state index contributed by atoms with van der Waals surface area (Å²) < 4.78 is 0. The van der Waals surface area contributed by atoms with Gasteiger partial charge in [0.1, 0.15) is 0 Å². The summed E-state index contributed by atoms with van der Waals surface area (Å²) in [6.07, 6.45) is 0. The fraction of sp³-hybridized carbons (Fsp3) is 0. The summed E-state index contributed by atoms with van der Waals surface area (Å²) in [5.41, 5.74) is 0. The molecule has 0 aliphatic heterocycles. The van der Waals surface area contributed by atoms with Crippen LogP contribution in [0.2, 0.25) is 0 Å². The van der Waals surface area contributed by atoms with Crippen LogP contribution in [0.4, 0.5) is 0 Å². The second-order valence-corrected chi connectivity index (χ2v) is 1.15. The van der Waals surface area contributed by atoms with Crippen molar-refractivity contribution in [3.8, 4) is 0 Å². The van der Waals surface area contributed by atoms with Gasteiger partial charge in [0.15, 0.2) is 0 Å². The first kappa shape index (κ1) is 17.6. The van der Waals surface area contributed by atoms with E-state index in [0.717, 1.165) is 0 Å². The molecular formula is C4O8Re. The molecule has 0 aliphatic rings. The van der Waals surface area contributed by atoms with Crippen molar-refractivity contribution in [1.82, 2.24) is 0 Å². The molecule has 0 spiro atoms. The zero-order valence-corrected chi connectivity index (χ0v) is 8.36. The molecule has 0 aromatic carbocycles. The van der Waals surface area contributed by atoms with Crippen molar-refractivity contribution in [2.45, 2.75) is 0 Å². The summed E-state index contributed by atoms with van der Waals surface area (Å²) in [7, 11) is 0. The Labute approximate surface area is 84.4 Å². The fourth-order valence-corrected chi connectivity index (χ4v) is 0. The number of hydrogen-bond donors (Lipinski definition) is 0. The van der Waals surface area contributed by atoms with E-state index >= 15 is 0 Å². The van der Waals surface area contributed by atoms with Gasteiger partial charge in [-0.3, -0.25) is 0 Å². The van der Waals surface area contributed by atoms with Gasteiger partial charge in [-0.2, -0.15) is 0 Å². The summed E-state index contributed by atoms with van der Waals surface area (Å²) >= 11 is 0. The van der Waals surface area contributed by atoms with Crippen molar-refractivity contribution in [3.63, 3.8) is 0 Å². The van der Waals surface area contributed by atoms with Crippen molar-refractivity contribution in [2.24, 2.45) is 0 Å². The Balaban J connectivity index is -0.000000143. The van der Waals surface area contributed by atoms with E-state index in [9.17, 15) is 0 Å². The quantitative estimate of drug-likeness (QED) is 0.384. The van der Waals surface area contributed by atoms with Gasteiger partial charge in [0.2, 0.25) is 0 Å². The van der Waals surface area contributed by atoms with Gasteiger partial charge in [0.05, 0.1) is 23.9 Å². The smallest absolute Gasteiger partial charge is 0.543 e. The topological polar surface area (TPSA) is 161 Å². The van der Waals surface area contributed by atoms with Crippen molar-refractivity contribution in [3.05, 3.63) is 0 Å². The maximum absolute atomic E-state index is 8.93. The van der Waals surface area contributed by atoms with Crippen LogP contribution in [0, 0.1) is 0 Å². The molecule has 1 radical (unpaired) electrons. The molecule has 0 aliphatic carbocycles. The molecule has 0 unspecified atom stereocenters. The van der Waals surface area contributed by atoms with E-state index in [1.54, 1.807) is 0 Å². The Morgan fingerprint density at radius 3 is 0.615 bits per heavy atom. The minimum atomic E-state index is -2.19. The third kappa shape index (κ3) is 18.0. The number of carbonyl (C=O) groups excluding carboxylic acids is 4. The number of hydrogen-bond acceptors (Lipinski definition) is 8. The summed E-state index contributed by atoms with van der Waals surface area (Å²) in [4.78, 5) is 35.7. The number of aliphatic carboxylic acids is 4. The van der Waals surface area contributed by atoms with Crippen LogP contribution in [0.25, 0.3) is 0 Å². The van der Waals surface area contributed by atoms with Crippen molar-refractivity contribution < 1.29 is 60.0 Å². The SMILES string of the molecule is O=C([O-])C(=O)[O-].O=C([O-])C(=O)[O-].[Re+4]. The van der Waals surface area contributed by atoms with E-state index < -0.39 is 23.9 Å². The molecule has 0 aromatic rings. The van der Waals surface area contributed by atoms with Gasteiger partial charge < -0.3 is 39.6 Å². The van der Waals surface area contributed by atoms with E-state index in [2.05, 4.69) is 0 Å². The maximum atomic E-state index is 8.93. The van der Waals surface area contributed by atoms with Gasteiger partial charge in [-0.05, 0) is 0 Å². The summed E-state index contributed by atoms with van der Waals surface area (Å²) in [5, 5.41) is 35.7. The summed E-state index contributed by atoms with van der Waals surface area (Å²) in [5.74, 6) is -8.74. The molecule has 71 valence electrons. The van der Waals surface area contributed by atoms with Crippen molar-refractivity contribution >= 4 is 23.9 Å². The van der Waals surface area contributed by atoms with E-state index in [1.807, 2.05) is 0 Å². The first-order chi connectivity index (χ1) is 5.29. The molecule has 13 heavy (non-hydrogen) atoms. The monoisotopic (exact) mass is 363 g/mol. The third-order valence-electron chi connectivity index (χ3n) is 0.333. The normalized spacial score (nSPS) is 6.77.